The van der Waals surface area contributed by atoms with Gasteiger partial charge >= 0.3 is 0 Å². The lowest BCUT2D eigenvalue weighted by Crippen LogP contribution is -1.89. The number of benzene rings is 1. The first-order valence-electron chi connectivity index (χ1n) is 4.22. The minimum Gasteiger partial charge on any atom is -0.462 e. The maximum atomic E-state index is 5.52. The fraction of sp³-hybridized carbons (Fsp3) is 0.273. The van der Waals surface area contributed by atoms with Crippen LogP contribution in [0.1, 0.15) is 20.3 Å². The van der Waals surface area contributed by atoms with Gasteiger partial charge < -0.3 is 4.74 Å². The summed E-state index contributed by atoms with van der Waals surface area (Å²) < 4.78 is 5.52. The van der Waals surface area contributed by atoms with Crippen LogP contribution in [0.15, 0.2) is 42.2 Å². The van der Waals surface area contributed by atoms with Crippen molar-refractivity contribution in [2.24, 2.45) is 0 Å². The van der Waals surface area contributed by atoms with Crippen LogP contribution in [0.25, 0.3) is 0 Å². The Kier molecular flexibility index (Phi) is 3.39. The zero-order valence-corrected chi connectivity index (χ0v) is 7.58. The van der Waals surface area contributed by atoms with Crippen LogP contribution in [0.2, 0.25) is 0 Å². The monoisotopic (exact) mass is 162 g/mol. The molecule has 0 aliphatic rings. The summed E-state index contributed by atoms with van der Waals surface area (Å²) in [6.45, 7) is 4.06. The largest absolute Gasteiger partial charge is 0.462 e. The average molecular weight is 162 g/mol. The van der Waals surface area contributed by atoms with Crippen LogP contribution in [-0.2, 0) is 0 Å². The first-order chi connectivity index (χ1) is 5.83. The minimum atomic E-state index is 0.903. The predicted octanol–water partition coefficient (Wildman–Crippen LogP) is 3.38. The molecule has 0 N–H and O–H groups in total. The van der Waals surface area contributed by atoms with Crippen molar-refractivity contribution in [1.29, 1.82) is 0 Å². The number of allylic oxidation sites excluding steroid dienone is 2. The van der Waals surface area contributed by atoms with Crippen LogP contribution >= 0.6 is 0 Å². The summed E-state index contributed by atoms with van der Waals surface area (Å²) in [5.74, 6) is 1.86. The van der Waals surface area contributed by atoms with Crippen molar-refractivity contribution in [2.45, 2.75) is 20.3 Å². The standard InChI is InChI=1S/C11H14O/c1-3-7-10(2)12-11-8-5-4-6-9-11/h4-9H,3H2,1-2H3. The van der Waals surface area contributed by atoms with Crippen LogP contribution in [-0.4, -0.2) is 0 Å². The molecule has 0 atom stereocenters. The molecule has 0 unspecified atom stereocenters. The maximum absolute atomic E-state index is 5.52. The number of hydrogen-bond donors (Lipinski definition) is 0. The molecular formula is C11H14O. The number of hydrogen-bond acceptors (Lipinski definition) is 1. The summed E-state index contributed by atoms with van der Waals surface area (Å²) in [4.78, 5) is 0. The van der Waals surface area contributed by atoms with Crippen molar-refractivity contribution in [2.75, 3.05) is 0 Å². The second kappa shape index (κ2) is 4.60. The van der Waals surface area contributed by atoms with E-state index in [-0.39, 0.29) is 0 Å². The lowest BCUT2D eigenvalue weighted by atomic mass is 10.3. The van der Waals surface area contributed by atoms with E-state index in [1.807, 2.05) is 37.3 Å². The summed E-state index contributed by atoms with van der Waals surface area (Å²) in [6, 6.07) is 9.81. The van der Waals surface area contributed by atoms with Crippen LogP contribution in [0.5, 0.6) is 5.75 Å². The topological polar surface area (TPSA) is 9.23 Å². The van der Waals surface area contributed by atoms with Gasteiger partial charge in [-0.05, 0) is 31.6 Å². The van der Waals surface area contributed by atoms with Crippen LogP contribution in [0, 0.1) is 0 Å². The molecule has 1 rings (SSSR count). The van der Waals surface area contributed by atoms with Crippen LogP contribution in [0.4, 0.5) is 0 Å². The predicted molar refractivity (Wildman–Crippen MR) is 51.1 cm³/mol. The van der Waals surface area contributed by atoms with E-state index in [0.29, 0.717) is 0 Å². The smallest absolute Gasteiger partial charge is 0.126 e. The van der Waals surface area contributed by atoms with E-state index in [0.717, 1.165) is 17.9 Å². The lowest BCUT2D eigenvalue weighted by molar-refractivity contribution is 0.425. The highest BCUT2D eigenvalue weighted by atomic mass is 16.5. The first-order valence-corrected chi connectivity index (χ1v) is 4.22. The fourth-order valence-corrected chi connectivity index (χ4v) is 1.00. The second-order valence-corrected chi connectivity index (χ2v) is 2.64. The van der Waals surface area contributed by atoms with E-state index in [2.05, 4.69) is 13.0 Å². The SMILES string of the molecule is CCC=C(C)Oc1ccccc1. The molecule has 0 aromatic heterocycles. The molecule has 0 spiro atoms. The average Bonchev–Trinajstić information content (AvgIpc) is 2.06. The van der Waals surface area contributed by atoms with Crippen molar-refractivity contribution < 1.29 is 4.74 Å². The zero-order valence-electron chi connectivity index (χ0n) is 7.58. The van der Waals surface area contributed by atoms with Gasteiger partial charge in [0.1, 0.15) is 5.75 Å². The van der Waals surface area contributed by atoms with E-state index in [4.69, 9.17) is 4.74 Å². The number of rotatable bonds is 3. The van der Waals surface area contributed by atoms with E-state index in [1.54, 1.807) is 0 Å². The second-order valence-electron chi connectivity index (χ2n) is 2.64. The Balaban J connectivity index is 2.58. The van der Waals surface area contributed by atoms with Gasteiger partial charge in [0.05, 0.1) is 5.76 Å². The summed E-state index contributed by atoms with van der Waals surface area (Å²) in [5.41, 5.74) is 0. The van der Waals surface area contributed by atoms with Crippen molar-refractivity contribution >= 4 is 0 Å². The Hall–Kier alpha value is -1.24. The van der Waals surface area contributed by atoms with Crippen molar-refractivity contribution in [3.8, 4) is 5.75 Å². The van der Waals surface area contributed by atoms with Gasteiger partial charge in [-0.1, -0.05) is 25.1 Å². The molecule has 0 heterocycles. The van der Waals surface area contributed by atoms with Gasteiger partial charge in [-0.3, -0.25) is 0 Å². The minimum absolute atomic E-state index is 0.903. The Morgan fingerprint density at radius 3 is 2.58 bits per heavy atom. The number of para-hydroxylation sites is 1. The highest BCUT2D eigenvalue weighted by molar-refractivity contribution is 5.22. The Bertz CT molecular complexity index is 249. The summed E-state index contributed by atoms with van der Waals surface area (Å²) in [5, 5.41) is 0. The van der Waals surface area contributed by atoms with E-state index < -0.39 is 0 Å². The molecule has 1 aromatic carbocycles. The van der Waals surface area contributed by atoms with Crippen molar-refractivity contribution in [3.05, 3.63) is 42.2 Å². The number of ether oxygens (including phenoxy) is 1. The molecule has 1 heteroatoms. The lowest BCUT2D eigenvalue weighted by Gasteiger charge is -2.04. The molecule has 0 aliphatic carbocycles. The molecule has 64 valence electrons. The molecule has 0 bridgehead atoms. The van der Waals surface area contributed by atoms with E-state index >= 15 is 0 Å². The maximum Gasteiger partial charge on any atom is 0.126 e. The van der Waals surface area contributed by atoms with Gasteiger partial charge in [0, 0.05) is 0 Å². The van der Waals surface area contributed by atoms with Crippen LogP contribution in [0.3, 0.4) is 0 Å². The van der Waals surface area contributed by atoms with Crippen molar-refractivity contribution in [1.82, 2.24) is 0 Å². The quantitative estimate of drug-likeness (QED) is 0.619. The van der Waals surface area contributed by atoms with Gasteiger partial charge in [0.15, 0.2) is 0 Å². The molecule has 0 aliphatic heterocycles. The van der Waals surface area contributed by atoms with Crippen LogP contribution < -0.4 is 4.74 Å². The van der Waals surface area contributed by atoms with Gasteiger partial charge in [-0.25, -0.2) is 0 Å². The fourth-order valence-electron chi connectivity index (χ4n) is 1.00. The summed E-state index contributed by atoms with van der Waals surface area (Å²) in [6.07, 6.45) is 3.08. The molecule has 1 aromatic rings. The third-order valence-electron chi connectivity index (χ3n) is 1.51. The molecule has 0 radical (unpaired) electrons. The van der Waals surface area contributed by atoms with E-state index in [1.165, 1.54) is 0 Å². The normalized spacial score (nSPS) is 11.3. The molecule has 0 saturated heterocycles. The van der Waals surface area contributed by atoms with E-state index in [9.17, 15) is 0 Å². The van der Waals surface area contributed by atoms with Crippen molar-refractivity contribution in [3.63, 3.8) is 0 Å². The summed E-state index contributed by atoms with van der Waals surface area (Å²) in [7, 11) is 0. The van der Waals surface area contributed by atoms with Gasteiger partial charge in [-0.15, -0.1) is 0 Å². The third-order valence-corrected chi connectivity index (χ3v) is 1.51. The Morgan fingerprint density at radius 1 is 1.33 bits per heavy atom. The third kappa shape index (κ3) is 2.79. The highest BCUT2D eigenvalue weighted by Gasteiger charge is 1.91. The molecule has 0 fully saturated rings. The highest BCUT2D eigenvalue weighted by Crippen LogP contribution is 2.12. The first kappa shape index (κ1) is 8.85. The van der Waals surface area contributed by atoms with Gasteiger partial charge in [-0.2, -0.15) is 0 Å². The van der Waals surface area contributed by atoms with Gasteiger partial charge in [0.25, 0.3) is 0 Å². The Labute approximate surface area is 73.7 Å². The molecule has 0 amide bonds. The molecule has 0 saturated carbocycles. The molecule has 12 heavy (non-hydrogen) atoms. The van der Waals surface area contributed by atoms with Gasteiger partial charge in [0.2, 0.25) is 0 Å². The molecular weight excluding hydrogens is 148 g/mol. The molecule has 1 nitrogen and oxygen atoms in total. The summed E-state index contributed by atoms with van der Waals surface area (Å²) >= 11 is 0. The Morgan fingerprint density at radius 2 is 2.00 bits per heavy atom. The zero-order chi connectivity index (χ0) is 8.81.